The molecular formula is C25H23N5O5. The van der Waals surface area contributed by atoms with E-state index < -0.39 is 11.8 Å². The second-order valence-corrected chi connectivity index (χ2v) is 7.16. The van der Waals surface area contributed by atoms with Gasteiger partial charge in [0.2, 0.25) is 11.6 Å². The molecule has 0 saturated heterocycles. The smallest absolute Gasteiger partial charge is 0.309 e. The molecule has 2 amide bonds. The third-order valence-corrected chi connectivity index (χ3v) is 5.08. The maximum Gasteiger partial charge on any atom is 0.309 e. The lowest BCUT2D eigenvalue weighted by Gasteiger charge is -2.15. The predicted octanol–water partition coefficient (Wildman–Crippen LogP) is 3.03. The third kappa shape index (κ3) is 4.76. The molecule has 0 radical (unpaired) electrons. The minimum atomic E-state index is -0.690. The first kappa shape index (κ1) is 23.3. The van der Waals surface area contributed by atoms with Crippen LogP contribution < -0.4 is 25.1 Å². The Morgan fingerprint density at radius 1 is 0.743 bits per heavy atom. The van der Waals surface area contributed by atoms with Gasteiger partial charge in [-0.05, 0) is 24.3 Å². The molecule has 0 atom stereocenters. The summed E-state index contributed by atoms with van der Waals surface area (Å²) in [6.07, 6.45) is 0. The van der Waals surface area contributed by atoms with Crippen molar-refractivity contribution in [1.29, 1.82) is 0 Å². The molecule has 0 unspecified atom stereocenters. The van der Waals surface area contributed by atoms with Gasteiger partial charge in [-0.15, -0.1) is 5.10 Å². The first-order chi connectivity index (χ1) is 17.1. The fourth-order valence-corrected chi connectivity index (χ4v) is 3.45. The van der Waals surface area contributed by atoms with Gasteiger partial charge in [-0.25, -0.2) is 9.67 Å². The number of rotatable bonds is 7. The van der Waals surface area contributed by atoms with E-state index in [1.165, 1.54) is 27.4 Å². The molecule has 3 aromatic carbocycles. The van der Waals surface area contributed by atoms with Crippen molar-refractivity contribution in [3.05, 3.63) is 84.2 Å². The maximum absolute atomic E-state index is 12.8. The quantitative estimate of drug-likeness (QED) is 0.396. The fraction of sp³-hybridized carbons (Fsp3) is 0.120. The topological polar surface area (TPSA) is 117 Å². The minimum absolute atomic E-state index is 0.118. The molecule has 0 aliphatic heterocycles. The number of nitrogens with one attached hydrogen (secondary N) is 2. The standard InChI is InChI=1S/C25H23N5O5/c1-33-19-15-14-18(20(34-2)21(19)35-3)24(31)27-28-25(32)22-26-23(16-10-6-4-7-11-16)30(29-22)17-12-8-5-9-13-17/h4-15H,1-3H3,(H,27,31)(H,28,32). The van der Waals surface area contributed by atoms with Gasteiger partial charge in [-0.3, -0.25) is 20.4 Å². The van der Waals surface area contributed by atoms with E-state index in [1.807, 2.05) is 60.7 Å². The molecule has 4 rings (SSSR count). The van der Waals surface area contributed by atoms with Crippen LogP contribution in [0.1, 0.15) is 21.0 Å². The monoisotopic (exact) mass is 473 g/mol. The average molecular weight is 473 g/mol. The molecule has 4 aromatic rings. The molecule has 178 valence electrons. The van der Waals surface area contributed by atoms with Gasteiger partial charge in [0, 0.05) is 5.56 Å². The third-order valence-electron chi connectivity index (χ3n) is 5.08. The van der Waals surface area contributed by atoms with Crippen molar-refractivity contribution >= 4 is 11.8 Å². The Labute approximate surface area is 201 Å². The van der Waals surface area contributed by atoms with Crippen LogP contribution in [0.15, 0.2) is 72.8 Å². The van der Waals surface area contributed by atoms with Crippen molar-refractivity contribution in [2.75, 3.05) is 21.3 Å². The minimum Gasteiger partial charge on any atom is -0.493 e. The van der Waals surface area contributed by atoms with E-state index in [-0.39, 0.29) is 22.9 Å². The van der Waals surface area contributed by atoms with Crippen molar-refractivity contribution in [3.8, 4) is 34.3 Å². The SMILES string of the molecule is COc1ccc(C(=O)NNC(=O)c2nc(-c3ccccc3)n(-c3ccccc3)n2)c(OC)c1OC. The largest absolute Gasteiger partial charge is 0.493 e. The van der Waals surface area contributed by atoms with Gasteiger partial charge in [0.1, 0.15) is 0 Å². The van der Waals surface area contributed by atoms with E-state index in [0.717, 1.165) is 11.3 Å². The second kappa shape index (κ2) is 10.4. The van der Waals surface area contributed by atoms with E-state index >= 15 is 0 Å². The highest BCUT2D eigenvalue weighted by Gasteiger charge is 2.23. The summed E-state index contributed by atoms with van der Waals surface area (Å²) in [5, 5.41) is 4.37. The first-order valence-corrected chi connectivity index (χ1v) is 10.5. The summed E-state index contributed by atoms with van der Waals surface area (Å²) in [6, 6.07) is 21.8. The summed E-state index contributed by atoms with van der Waals surface area (Å²) in [4.78, 5) is 30.1. The highest BCUT2D eigenvalue weighted by Crippen LogP contribution is 2.39. The summed E-state index contributed by atoms with van der Waals surface area (Å²) >= 11 is 0. The number of carbonyl (C=O) groups is 2. The molecule has 10 nitrogen and oxygen atoms in total. The number of methoxy groups -OCH3 is 3. The van der Waals surface area contributed by atoms with E-state index in [1.54, 1.807) is 10.7 Å². The van der Waals surface area contributed by atoms with E-state index in [0.29, 0.717) is 11.6 Å². The zero-order valence-corrected chi connectivity index (χ0v) is 19.3. The molecule has 0 bridgehead atoms. The van der Waals surface area contributed by atoms with Gasteiger partial charge in [0.15, 0.2) is 17.3 Å². The van der Waals surface area contributed by atoms with E-state index in [9.17, 15) is 9.59 Å². The van der Waals surface area contributed by atoms with Crippen molar-refractivity contribution in [2.45, 2.75) is 0 Å². The molecule has 0 fully saturated rings. The van der Waals surface area contributed by atoms with Gasteiger partial charge >= 0.3 is 5.91 Å². The first-order valence-electron chi connectivity index (χ1n) is 10.5. The van der Waals surface area contributed by atoms with Gasteiger partial charge in [0.05, 0.1) is 32.6 Å². The molecule has 1 aromatic heterocycles. The number of hydrazine groups is 1. The lowest BCUT2D eigenvalue weighted by Crippen LogP contribution is -2.42. The lowest BCUT2D eigenvalue weighted by atomic mass is 10.1. The maximum atomic E-state index is 12.8. The fourth-order valence-electron chi connectivity index (χ4n) is 3.45. The van der Waals surface area contributed by atoms with Crippen LogP contribution in [0, 0.1) is 0 Å². The Morgan fingerprint density at radius 3 is 2.00 bits per heavy atom. The zero-order chi connectivity index (χ0) is 24.8. The summed E-state index contributed by atoms with van der Waals surface area (Å²) in [6.45, 7) is 0. The van der Waals surface area contributed by atoms with Crippen LogP contribution in [-0.4, -0.2) is 47.9 Å². The molecule has 10 heteroatoms. The van der Waals surface area contributed by atoms with Gasteiger partial charge < -0.3 is 14.2 Å². The van der Waals surface area contributed by atoms with Crippen molar-refractivity contribution in [3.63, 3.8) is 0 Å². The van der Waals surface area contributed by atoms with Crippen LogP contribution in [-0.2, 0) is 0 Å². The van der Waals surface area contributed by atoms with Crippen LogP contribution in [0.2, 0.25) is 0 Å². The van der Waals surface area contributed by atoms with Gasteiger partial charge in [-0.2, -0.15) is 0 Å². The van der Waals surface area contributed by atoms with Crippen molar-refractivity contribution in [2.24, 2.45) is 0 Å². The number of hydrogen-bond acceptors (Lipinski definition) is 7. The van der Waals surface area contributed by atoms with Crippen LogP contribution in [0.3, 0.4) is 0 Å². The molecule has 0 aliphatic carbocycles. The summed E-state index contributed by atoms with van der Waals surface area (Å²) < 4.78 is 17.4. The lowest BCUT2D eigenvalue weighted by molar-refractivity contribution is 0.0839. The molecule has 2 N–H and O–H groups in total. The van der Waals surface area contributed by atoms with Gasteiger partial charge in [-0.1, -0.05) is 48.5 Å². The highest BCUT2D eigenvalue weighted by atomic mass is 16.5. The molecule has 1 heterocycles. The van der Waals surface area contributed by atoms with E-state index in [2.05, 4.69) is 20.9 Å². The molecule has 0 spiro atoms. The van der Waals surface area contributed by atoms with Crippen molar-refractivity contribution < 1.29 is 23.8 Å². The van der Waals surface area contributed by atoms with Crippen LogP contribution in [0.5, 0.6) is 17.2 Å². The molecule has 35 heavy (non-hydrogen) atoms. The molecular weight excluding hydrogens is 450 g/mol. The Balaban J connectivity index is 1.58. The summed E-state index contributed by atoms with van der Waals surface area (Å²) in [5.41, 5.74) is 6.37. The molecule has 0 aliphatic rings. The number of hydrogen-bond donors (Lipinski definition) is 2. The Bertz CT molecular complexity index is 1280. The van der Waals surface area contributed by atoms with Gasteiger partial charge in [0.25, 0.3) is 5.91 Å². The summed E-state index contributed by atoms with van der Waals surface area (Å²) in [5.74, 6) is -0.135. The van der Waals surface area contributed by atoms with Crippen LogP contribution >= 0.6 is 0 Å². The number of nitrogens with zero attached hydrogens (tertiary/aromatic N) is 3. The number of aromatic nitrogens is 3. The number of benzene rings is 3. The molecule has 0 saturated carbocycles. The van der Waals surface area contributed by atoms with Crippen LogP contribution in [0.25, 0.3) is 17.1 Å². The highest BCUT2D eigenvalue weighted by molar-refractivity contribution is 6.00. The van der Waals surface area contributed by atoms with E-state index in [4.69, 9.17) is 14.2 Å². The normalized spacial score (nSPS) is 10.4. The summed E-state index contributed by atoms with van der Waals surface area (Å²) in [7, 11) is 4.31. The number of ether oxygens (including phenoxy) is 3. The average Bonchev–Trinajstić information content (AvgIpc) is 3.37. The number of carbonyl (C=O) groups excluding carboxylic acids is 2. The Hall–Kier alpha value is -4.86. The van der Waals surface area contributed by atoms with Crippen molar-refractivity contribution in [1.82, 2.24) is 25.6 Å². The number of amides is 2. The Morgan fingerprint density at radius 2 is 1.37 bits per heavy atom. The van der Waals surface area contributed by atoms with Crippen LogP contribution in [0.4, 0.5) is 0 Å². The zero-order valence-electron chi connectivity index (χ0n) is 19.3. The number of para-hydroxylation sites is 1. The Kier molecular flexibility index (Phi) is 6.91. The second-order valence-electron chi connectivity index (χ2n) is 7.16. The predicted molar refractivity (Wildman–Crippen MR) is 128 cm³/mol.